The highest BCUT2D eigenvalue weighted by Crippen LogP contribution is 2.44. The van der Waals surface area contributed by atoms with Crippen LogP contribution in [0.3, 0.4) is 0 Å². The maximum Gasteiger partial charge on any atom is 0.336 e. The van der Waals surface area contributed by atoms with Gasteiger partial charge in [0.25, 0.3) is 0 Å². The number of furan rings is 1. The first-order valence-electron chi connectivity index (χ1n) is 11.9. The summed E-state index contributed by atoms with van der Waals surface area (Å²) in [4.78, 5) is 30.2. The Morgan fingerprint density at radius 2 is 1.95 bits per heavy atom. The van der Waals surface area contributed by atoms with Crippen LogP contribution in [0, 0.1) is 0 Å². The third kappa shape index (κ3) is 5.35. The fourth-order valence-electron chi connectivity index (χ4n) is 4.54. The lowest BCUT2D eigenvalue weighted by atomic mass is 10.0. The van der Waals surface area contributed by atoms with E-state index in [-0.39, 0.29) is 24.1 Å². The number of hydrogen-bond donors (Lipinski definition) is 3. The molecular weight excluding hydrogens is 540 g/mol. The number of carbonyl (C=O) groups is 2. The van der Waals surface area contributed by atoms with E-state index >= 15 is 0 Å². The lowest BCUT2D eigenvalue weighted by molar-refractivity contribution is -0.119. The Morgan fingerprint density at radius 1 is 1.15 bits per heavy atom. The Labute approximate surface area is 234 Å². The summed E-state index contributed by atoms with van der Waals surface area (Å²) in [7, 11) is 1.43. The average Bonchev–Trinajstić information content (AvgIpc) is 3.55. The molecule has 39 heavy (non-hydrogen) atoms. The number of carbonyl (C=O) groups excluding carboxylic acids is 1. The molecule has 1 aliphatic heterocycles. The number of anilines is 2. The molecule has 1 aliphatic rings. The molecule has 1 fully saturated rings. The summed E-state index contributed by atoms with van der Waals surface area (Å²) in [5, 5.41) is 16.5. The molecule has 0 bridgehead atoms. The Bertz CT molecular complexity index is 1540. The lowest BCUT2D eigenvalue weighted by Gasteiger charge is -2.26. The molecule has 2 atom stereocenters. The van der Waals surface area contributed by atoms with E-state index in [1.807, 2.05) is 23.1 Å². The minimum Gasteiger partial charge on any atom is -0.478 e. The molecule has 9 nitrogen and oxygen atoms in total. The zero-order valence-electron chi connectivity index (χ0n) is 20.6. The molecule has 0 radical (unpaired) electrons. The molecule has 3 heterocycles. The van der Waals surface area contributed by atoms with E-state index in [4.69, 9.17) is 33.0 Å². The van der Waals surface area contributed by atoms with Crippen LogP contribution in [0.1, 0.15) is 33.9 Å². The predicted octanol–water partition coefficient (Wildman–Crippen LogP) is 5.46. The Hall–Kier alpha value is -4.25. The number of pyridine rings is 1. The van der Waals surface area contributed by atoms with Crippen LogP contribution in [0.2, 0.25) is 5.02 Å². The normalized spacial score (nSPS) is 16.7. The van der Waals surface area contributed by atoms with Crippen LogP contribution in [0.15, 0.2) is 83.4 Å². The highest BCUT2D eigenvalue weighted by molar-refractivity contribution is 7.80. The Kier molecular flexibility index (Phi) is 7.60. The van der Waals surface area contributed by atoms with Gasteiger partial charge in [-0.25, -0.2) is 4.79 Å². The molecular formula is C28H23ClN4O5S. The number of nitrogens with zero attached hydrogens (tertiary/aromatic N) is 2. The second-order valence-corrected chi connectivity index (χ2v) is 9.49. The SMILES string of the molecule is COCC(=O)Nc1ccc(N2C(=S)N[C@@H](c3ccccn3)[C@@H]2c2ccc(-c3ccccc3C(=O)O)o2)cc1Cl. The van der Waals surface area contributed by atoms with E-state index in [1.54, 1.807) is 54.7 Å². The van der Waals surface area contributed by atoms with E-state index < -0.39 is 12.0 Å². The molecule has 4 aromatic rings. The molecule has 0 saturated carbocycles. The van der Waals surface area contributed by atoms with Gasteiger partial charge in [0.15, 0.2) is 5.11 Å². The second-order valence-electron chi connectivity index (χ2n) is 8.69. The van der Waals surface area contributed by atoms with Crippen molar-refractivity contribution < 1.29 is 23.8 Å². The summed E-state index contributed by atoms with van der Waals surface area (Å²) in [5.74, 6) is -0.424. The number of nitrogens with one attached hydrogen (secondary N) is 2. The van der Waals surface area contributed by atoms with Crippen molar-refractivity contribution >= 4 is 52.2 Å². The highest BCUT2D eigenvalue weighted by atomic mass is 35.5. The van der Waals surface area contributed by atoms with Crippen LogP contribution in [0.5, 0.6) is 0 Å². The van der Waals surface area contributed by atoms with Crippen LogP contribution in [0.4, 0.5) is 11.4 Å². The number of rotatable bonds is 8. The molecule has 198 valence electrons. The standard InChI is InChI=1S/C28H23ClN4O5S/c1-37-15-24(34)31-20-10-9-16(14-19(20)29)33-26(25(32-28(33)39)21-8-4-5-13-30-21)23-12-11-22(38-23)17-6-2-3-7-18(17)27(35)36/h2-14,25-26H,15H2,1H3,(H,31,34)(H,32,39)(H,35,36)/t25-,26-/m0/s1. The van der Waals surface area contributed by atoms with Crippen molar-refractivity contribution in [3.05, 3.63) is 101 Å². The molecule has 11 heteroatoms. The number of thiocarbonyl (C=S) groups is 1. The number of aromatic nitrogens is 1. The summed E-state index contributed by atoms with van der Waals surface area (Å²) in [6.07, 6.45) is 1.70. The zero-order chi connectivity index (χ0) is 27.5. The summed E-state index contributed by atoms with van der Waals surface area (Å²) >= 11 is 12.3. The lowest BCUT2D eigenvalue weighted by Crippen LogP contribution is -2.29. The number of methoxy groups -OCH3 is 1. The van der Waals surface area contributed by atoms with Gasteiger partial charge in [0, 0.05) is 24.6 Å². The molecule has 0 spiro atoms. The first-order valence-corrected chi connectivity index (χ1v) is 12.7. The molecule has 3 N–H and O–H groups in total. The second kappa shape index (κ2) is 11.2. The minimum atomic E-state index is -1.05. The summed E-state index contributed by atoms with van der Waals surface area (Å²) < 4.78 is 11.2. The number of carboxylic acids is 1. The van der Waals surface area contributed by atoms with Crippen LogP contribution >= 0.6 is 23.8 Å². The average molecular weight is 563 g/mol. The van der Waals surface area contributed by atoms with Crippen molar-refractivity contribution in [2.24, 2.45) is 0 Å². The van der Waals surface area contributed by atoms with Gasteiger partial charge in [-0.15, -0.1) is 0 Å². The van der Waals surface area contributed by atoms with Gasteiger partial charge in [0.1, 0.15) is 24.2 Å². The molecule has 5 rings (SSSR count). The number of amides is 1. The summed E-state index contributed by atoms with van der Waals surface area (Å²) in [6.45, 7) is -0.0993. The number of aromatic carboxylic acids is 1. The smallest absolute Gasteiger partial charge is 0.336 e. The number of carboxylic acid groups (broad SMARTS) is 1. The first-order chi connectivity index (χ1) is 18.9. The number of hydrogen-bond acceptors (Lipinski definition) is 6. The van der Waals surface area contributed by atoms with Crippen LogP contribution < -0.4 is 15.5 Å². The van der Waals surface area contributed by atoms with Crippen molar-refractivity contribution in [2.75, 3.05) is 23.9 Å². The fraction of sp³-hybridized carbons (Fsp3) is 0.143. The van der Waals surface area contributed by atoms with Crippen molar-refractivity contribution in [3.8, 4) is 11.3 Å². The Balaban J connectivity index is 1.56. The number of benzene rings is 2. The van der Waals surface area contributed by atoms with Crippen LogP contribution in [-0.4, -0.2) is 40.8 Å². The van der Waals surface area contributed by atoms with Gasteiger partial charge < -0.3 is 29.8 Å². The van der Waals surface area contributed by atoms with Crippen molar-refractivity contribution in [2.45, 2.75) is 12.1 Å². The molecule has 2 aromatic carbocycles. The van der Waals surface area contributed by atoms with Crippen LogP contribution in [-0.2, 0) is 9.53 Å². The fourth-order valence-corrected chi connectivity index (χ4v) is 5.10. The van der Waals surface area contributed by atoms with Gasteiger partial charge >= 0.3 is 5.97 Å². The third-order valence-corrected chi connectivity index (χ3v) is 6.85. The quantitative estimate of drug-likeness (QED) is 0.241. The monoisotopic (exact) mass is 562 g/mol. The minimum absolute atomic E-state index is 0.0993. The topological polar surface area (TPSA) is 117 Å². The molecule has 1 saturated heterocycles. The van der Waals surface area contributed by atoms with Gasteiger partial charge in [0.05, 0.1) is 28.0 Å². The van der Waals surface area contributed by atoms with E-state index in [0.717, 1.165) is 5.69 Å². The van der Waals surface area contributed by atoms with E-state index in [0.29, 0.717) is 38.6 Å². The molecule has 2 aromatic heterocycles. The van der Waals surface area contributed by atoms with Gasteiger partial charge in [0.2, 0.25) is 5.91 Å². The highest BCUT2D eigenvalue weighted by Gasteiger charge is 2.42. The summed E-state index contributed by atoms with van der Waals surface area (Å²) in [6, 6.07) is 20.1. The van der Waals surface area contributed by atoms with Crippen molar-refractivity contribution in [3.63, 3.8) is 0 Å². The predicted molar refractivity (Wildman–Crippen MR) is 151 cm³/mol. The van der Waals surface area contributed by atoms with E-state index in [2.05, 4.69) is 15.6 Å². The maximum atomic E-state index is 12.0. The number of ether oxygens (including phenoxy) is 1. The van der Waals surface area contributed by atoms with Crippen LogP contribution in [0.25, 0.3) is 11.3 Å². The maximum absolute atomic E-state index is 12.0. The van der Waals surface area contributed by atoms with E-state index in [9.17, 15) is 14.7 Å². The van der Waals surface area contributed by atoms with Gasteiger partial charge in [-0.2, -0.15) is 0 Å². The van der Waals surface area contributed by atoms with Gasteiger partial charge in [-0.1, -0.05) is 35.9 Å². The first kappa shape index (κ1) is 26.4. The molecule has 1 amide bonds. The largest absolute Gasteiger partial charge is 0.478 e. The zero-order valence-corrected chi connectivity index (χ0v) is 22.2. The third-order valence-electron chi connectivity index (χ3n) is 6.22. The molecule has 0 aliphatic carbocycles. The molecule has 0 unspecified atom stereocenters. The van der Waals surface area contributed by atoms with Gasteiger partial charge in [-0.05, 0) is 60.7 Å². The van der Waals surface area contributed by atoms with Crippen molar-refractivity contribution in [1.82, 2.24) is 10.3 Å². The summed E-state index contributed by atoms with van der Waals surface area (Å²) in [5.41, 5.74) is 2.43. The van der Waals surface area contributed by atoms with E-state index in [1.165, 1.54) is 13.2 Å². The number of halogens is 1. The Morgan fingerprint density at radius 3 is 2.67 bits per heavy atom. The van der Waals surface area contributed by atoms with Gasteiger partial charge in [-0.3, -0.25) is 9.78 Å². The van der Waals surface area contributed by atoms with Crippen molar-refractivity contribution in [1.29, 1.82) is 0 Å².